The number of aliphatic imine (C=N–C) groups is 1. The minimum absolute atomic E-state index is 0.0122. The van der Waals surface area contributed by atoms with Gasteiger partial charge in [0.2, 0.25) is 100 Å². The maximum atomic E-state index is 15.0. The van der Waals surface area contributed by atoms with E-state index in [0.717, 1.165) is 0 Å². The van der Waals surface area contributed by atoms with Crippen LogP contribution in [0, 0.1) is 17.8 Å². The molecule has 1 fully saturated rings. The van der Waals surface area contributed by atoms with Crippen LogP contribution in [-0.2, 0) is 97.5 Å². The average Bonchev–Trinajstić information content (AvgIpc) is 0.840. The molecule has 41 nitrogen and oxygen atoms in total. The smallest absolute Gasteiger partial charge is 0.305 e. The number of primary amides is 1. The van der Waals surface area contributed by atoms with Crippen LogP contribution in [0.2, 0.25) is 0 Å². The molecular weight excluding hydrogens is 1560 g/mol. The van der Waals surface area contributed by atoms with Crippen LogP contribution in [0.4, 0.5) is 0 Å². The van der Waals surface area contributed by atoms with Gasteiger partial charge in [-0.05, 0) is 128 Å². The zero-order chi connectivity index (χ0) is 90.1. The summed E-state index contributed by atoms with van der Waals surface area (Å²) in [6, 6.07) is -9.02. The molecule has 1 aromatic rings. The van der Waals surface area contributed by atoms with Gasteiger partial charge in [-0.25, -0.2) is 0 Å². The Kier molecular flexibility index (Phi) is 43.9. The number of carboxylic acids is 2. The molecule has 2 heterocycles. The van der Waals surface area contributed by atoms with E-state index in [-0.39, 0.29) is 103 Å². The van der Waals surface area contributed by atoms with Crippen LogP contribution >= 0.6 is 0 Å². The molecule has 2 aliphatic heterocycles. The highest BCUT2D eigenvalue weighted by molar-refractivity contribution is 6.02. The number of allylic oxidation sites excluding steroid dienone is 2. The lowest BCUT2D eigenvalue weighted by Crippen LogP contribution is -2.65. The fourth-order valence-corrected chi connectivity index (χ4v) is 12.9. The van der Waals surface area contributed by atoms with Gasteiger partial charge in [0.05, 0.1) is 19.4 Å². The lowest BCUT2D eigenvalue weighted by atomic mass is 9.91. The maximum Gasteiger partial charge on any atom is 0.305 e. The summed E-state index contributed by atoms with van der Waals surface area (Å²) >= 11 is 0. The van der Waals surface area contributed by atoms with Crippen LogP contribution in [0.3, 0.4) is 0 Å². The summed E-state index contributed by atoms with van der Waals surface area (Å²) in [5.74, 6) is -20.9. The molecule has 0 bridgehead atoms. The normalized spacial score (nSPS) is 23.8. The molecule has 41 heteroatoms. The van der Waals surface area contributed by atoms with Crippen molar-refractivity contribution >= 4 is 118 Å². The van der Waals surface area contributed by atoms with Crippen LogP contribution in [-0.4, -0.2) is 232 Å². The molecule has 0 saturated carbocycles. The van der Waals surface area contributed by atoms with E-state index >= 15 is 4.79 Å². The van der Waals surface area contributed by atoms with Gasteiger partial charge in [-0.1, -0.05) is 104 Å². The molecule has 120 heavy (non-hydrogen) atoms. The van der Waals surface area contributed by atoms with E-state index in [4.69, 9.17) is 17.2 Å². The number of guanidine groups is 1. The van der Waals surface area contributed by atoms with Crippen LogP contribution < -0.4 is 102 Å². The Morgan fingerprint density at radius 3 is 1.81 bits per heavy atom. The van der Waals surface area contributed by atoms with Gasteiger partial charge >= 0.3 is 11.9 Å². The van der Waals surface area contributed by atoms with E-state index in [1.165, 1.54) is 27.7 Å². The molecule has 0 aliphatic carbocycles. The largest absolute Gasteiger partial charge is 0.481 e. The van der Waals surface area contributed by atoms with Crippen molar-refractivity contribution in [2.24, 2.45) is 39.9 Å². The maximum absolute atomic E-state index is 15.0. The van der Waals surface area contributed by atoms with E-state index < -0.39 is 246 Å². The van der Waals surface area contributed by atoms with Gasteiger partial charge in [-0.3, -0.25) is 96.1 Å². The molecule has 0 radical (unpaired) electrons. The lowest BCUT2D eigenvalue weighted by Gasteiger charge is -2.33. The minimum atomic E-state index is -1.97. The average molecular weight is 1690 g/mol. The number of nitrogens with zero attached hydrogens (tertiary/aromatic N) is 1. The SMILES string of the molecule is CCC(=O)NCC1NC(=O)[C@@](C)(NC(C)=O)CCC/C=C/CCC[C@@](C)(C(=O)N[C@@H](CCC(=O)O)C(=O)N[C@@H](CC(C)C)C(=O)N[C@@H](CCCN=C(N)N)C(=O)N[C@H]2CCCCNC(=O)C[C@@H](C(=O)N[C@@H](Cc3ccccc3)C(N)=O)NC(=O)[C@H](CC(=O)O)NC(=O)CNC(=O)[C@H]([C@@H](C)CC)NC2=O)NC(=O)[C@H](C)NC(=O)[C@H]([C@@H](C)CC)NC1=O. The summed E-state index contributed by atoms with van der Waals surface area (Å²) in [6.45, 7) is 15.3. The first kappa shape index (κ1) is 102. The van der Waals surface area contributed by atoms with Gasteiger partial charge in [0, 0.05) is 45.8 Å². The predicted octanol–water partition coefficient (Wildman–Crippen LogP) is -3.39. The van der Waals surface area contributed by atoms with Crippen molar-refractivity contribution in [1.82, 2.24) is 85.1 Å². The van der Waals surface area contributed by atoms with E-state index in [2.05, 4.69) is 90.1 Å². The third-order valence-electron chi connectivity index (χ3n) is 20.4. The second kappa shape index (κ2) is 51.5. The summed E-state index contributed by atoms with van der Waals surface area (Å²) < 4.78 is 0. The standard InChI is InChI=1S/C79H126N20O21/c1-12-44(6)62-73(117)86-42-59(103)88-55(40-61(106)107)71(115)93-54(70(114)91-52(64(80)108)38-48-27-20-19-21-28-48)39-58(102)83-35-25-22-29-49(68(112)96-62)89-66(110)50(30-26-36-84-77(81)82)90-69(113)53(37-43(4)5)92-67(111)51(31-32-60(104)105)94-76(120)79(11)34-24-18-16-15-17-23-33-78(10,98-47(9)100)75(119)95-56(41-85-57(101)14-3)72(116)97-63(45(7)13-2)74(118)87-46(8)65(109)99-79/h15-16,19-21,27-28,43-46,49-56,62-63H,12-14,17-18,22-26,29-42H2,1-11H3,(H2,80,108)(H,83,102)(H,85,101)(H,86,117)(H,87,118)(H,88,103)(H,89,110)(H,90,113)(H,91,114)(H,92,111)(H,93,115)(H,94,120)(H,95,119)(H,96,112)(H,97,116)(H,98,100)(H,99,109)(H,104,105)(H,106,107)(H4,81,82,84)/b16-15+/t44-,45-,46-,49-,50-,51-,52-,53-,54-,55-,56?,62-,63-,78-,79-/m0/s1. The van der Waals surface area contributed by atoms with Gasteiger partial charge in [-0.2, -0.15) is 0 Å². The quantitative estimate of drug-likeness (QED) is 0.0145. The minimum Gasteiger partial charge on any atom is -0.481 e. The molecule has 1 saturated heterocycles. The fraction of sp³-hybridized carbons (Fsp3) is 0.646. The van der Waals surface area contributed by atoms with E-state index in [0.29, 0.717) is 24.8 Å². The van der Waals surface area contributed by atoms with Crippen LogP contribution in [0.1, 0.15) is 204 Å². The highest BCUT2D eigenvalue weighted by Crippen LogP contribution is 2.21. The van der Waals surface area contributed by atoms with Gasteiger partial charge in [0.1, 0.15) is 77.5 Å². The number of carbonyl (C=O) groups is 19. The molecule has 1 aromatic carbocycles. The molecule has 668 valence electrons. The van der Waals surface area contributed by atoms with E-state index in [9.17, 15) is 96.5 Å². The number of carboxylic acid groups (broad SMARTS) is 2. The Labute approximate surface area is 698 Å². The molecule has 0 aromatic heterocycles. The third-order valence-corrected chi connectivity index (χ3v) is 20.4. The Hall–Kier alpha value is -11.8. The van der Waals surface area contributed by atoms with Crippen molar-refractivity contribution in [3.05, 3.63) is 48.0 Å². The number of nitrogens with two attached hydrogens (primary N) is 3. The van der Waals surface area contributed by atoms with Crippen LogP contribution in [0.25, 0.3) is 0 Å². The van der Waals surface area contributed by atoms with Crippen molar-refractivity contribution in [2.45, 2.75) is 282 Å². The third kappa shape index (κ3) is 36.6. The number of benzene rings is 1. The molecule has 24 N–H and O–H groups in total. The number of rotatable bonds is 32. The van der Waals surface area contributed by atoms with Crippen molar-refractivity contribution in [1.29, 1.82) is 0 Å². The molecular formula is C79H126N20O21. The number of carbonyl (C=O) groups excluding carboxylic acids is 17. The van der Waals surface area contributed by atoms with Crippen molar-refractivity contribution in [2.75, 3.05) is 26.2 Å². The Bertz CT molecular complexity index is 3820. The zero-order valence-electron chi connectivity index (χ0n) is 70.4. The molecule has 3 rings (SSSR count). The van der Waals surface area contributed by atoms with Crippen molar-refractivity contribution in [3.8, 4) is 0 Å². The van der Waals surface area contributed by atoms with Gasteiger partial charge < -0.3 is 112 Å². The Balaban J connectivity index is 2.10. The highest BCUT2D eigenvalue weighted by Gasteiger charge is 2.43. The summed E-state index contributed by atoms with van der Waals surface area (Å²) in [5, 5.41) is 60.7. The number of hydrogen-bond acceptors (Lipinski definition) is 20. The van der Waals surface area contributed by atoms with Gasteiger partial charge in [0.15, 0.2) is 5.96 Å². The number of aliphatic carboxylic acids is 2. The van der Waals surface area contributed by atoms with E-state index in [1.807, 2.05) is 0 Å². The second-order valence-corrected chi connectivity index (χ2v) is 31.2. The van der Waals surface area contributed by atoms with Crippen molar-refractivity contribution in [3.63, 3.8) is 0 Å². The number of amides is 17. The van der Waals surface area contributed by atoms with E-state index in [1.54, 1.807) is 91.0 Å². The summed E-state index contributed by atoms with van der Waals surface area (Å²) in [6.07, 6.45) is 1.22. The van der Waals surface area contributed by atoms with Gasteiger partial charge in [-0.15, -0.1) is 0 Å². The monoisotopic (exact) mass is 1690 g/mol. The Morgan fingerprint density at radius 2 is 1.22 bits per heavy atom. The second-order valence-electron chi connectivity index (χ2n) is 31.2. The highest BCUT2D eigenvalue weighted by atomic mass is 16.4. The fourth-order valence-electron chi connectivity index (χ4n) is 12.9. The van der Waals surface area contributed by atoms with Crippen LogP contribution in [0.5, 0.6) is 0 Å². The molecule has 2 aliphatic rings. The van der Waals surface area contributed by atoms with Crippen LogP contribution in [0.15, 0.2) is 47.5 Å². The summed E-state index contributed by atoms with van der Waals surface area (Å²) in [7, 11) is 0. The first-order valence-corrected chi connectivity index (χ1v) is 40.7. The number of hydrogen-bond donors (Lipinski definition) is 21. The van der Waals surface area contributed by atoms with Gasteiger partial charge in [0.25, 0.3) is 0 Å². The molecule has 15 atom stereocenters. The van der Waals surface area contributed by atoms with Crippen molar-refractivity contribution < 1.29 is 101 Å². The molecule has 0 spiro atoms. The summed E-state index contributed by atoms with van der Waals surface area (Å²) in [5.41, 5.74) is 14.0. The molecule has 17 amide bonds. The first-order valence-electron chi connectivity index (χ1n) is 40.7. The Morgan fingerprint density at radius 1 is 0.617 bits per heavy atom. The lowest BCUT2D eigenvalue weighted by molar-refractivity contribution is -0.141. The topological polar surface area (TPSA) is 648 Å². The molecule has 1 unspecified atom stereocenters. The zero-order valence-corrected chi connectivity index (χ0v) is 70.4. The number of nitrogens with one attached hydrogen (secondary N) is 16. The summed E-state index contributed by atoms with van der Waals surface area (Å²) in [4.78, 5) is 267. The predicted molar refractivity (Wildman–Crippen MR) is 437 cm³/mol. The first-order chi connectivity index (χ1) is 56.5.